The SMILES string of the molecule is Cc1cc(-c2cnc(C)n2C)ccc1Nc1cc2cc(-c3cnn(C(C)C)c3)ccc2cn1. The lowest BCUT2D eigenvalue weighted by atomic mass is 10.0. The average Bonchev–Trinajstić information content (AvgIpc) is 3.42. The van der Waals surface area contributed by atoms with E-state index in [9.17, 15) is 0 Å². The number of nitrogens with zero attached hydrogens (tertiary/aromatic N) is 5. The maximum atomic E-state index is 4.63. The number of pyridine rings is 1. The number of rotatable bonds is 5. The van der Waals surface area contributed by atoms with Crippen LogP contribution in [0.15, 0.2) is 67.3 Å². The number of aryl methyl sites for hydroxylation is 2. The van der Waals surface area contributed by atoms with Crippen LogP contribution in [0.3, 0.4) is 0 Å². The van der Waals surface area contributed by atoms with E-state index in [4.69, 9.17) is 0 Å². The fourth-order valence-corrected chi connectivity index (χ4v) is 4.03. The molecule has 0 fully saturated rings. The molecule has 0 aliphatic carbocycles. The Morgan fingerprint density at radius 1 is 0.818 bits per heavy atom. The lowest BCUT2D eigenvalue weighted by Gasteiger charge is -2.12. The average molecular weight is 437 g/mol. The van der Waals surface area contributed by atoms with E-state index in [0.29, 0.717) is 6.04 Å². The zero-order valence-corrected chi connectivity index (χ0v) is 19.7. The summed E-state index contributed by atoms with van der Waals surface area (Å²) >= 11 is 0. The normalized spacial score (nSPS) is 11.5. The highest BCUT2D eigenvalue weighted by molar-refractivity contribution is 5.89. The molecule has 3 heterocycles. The van der Waals surface area contributed by atoms with Crippen molar-refractivity contribution in [2.75, 3.05) is 5.32 Å². The molecule has 0 radical (unpaired) electrons. The van der Waals surface area contributed by atoms with Crippen molar-refractivity contribution in [2.45, 2.75) is 33.7 Å². The molecule has 0 aliphatic rings. The molecule has 0 atom stereocenters. The highest BCUT2D eigenvalue weighted by Crippen LogP contribution is 2.29. The maximum absolute atomic E-state index is 4.63. The third kappa shape index (κ3) is 4.00. The Morgan fingerprint density at radius 3 is 2.33 bits per heavy atom. The van der Waals surface area contributed by atoms with Crippen molar-refractivity contribution in [2.24, 2.45) is 7.05 Å². The molecule has 0 bridgehead atoms. The molecule has 0 aliphatic heterocycles. The summed E-state index contributed by atoms with van der Waals surface area (Å²) in [4.78, 5) is 9.04. The van der Waals surface area contributed by atoms with Gasteiger partial charge in [-0.1, -0.05) is 18.2 Å². The number of anilines is 2. The predicted molar refractivity (Wildman–Crippen MR) is 135 cm³/mol. The Balaban J connectivity index is 1.43. The highest BCUT2D eigenvalue weighted by Gasteiger charge is 2.09. The lowest BCUT2D eigenvalue weighted by Crippen LogP contribution is -1.99. The number of benzene rings is 2. The van der Waals surface area contributed by atoms with Crippen molar-refractivity contribution >= 4 is 22.3 Å². The van der Waals surface area contributed by atoms with Crippen molar-refractivity contribution in [1.82, 2.24) is 24.3 Å². The summed E-state index contributed by atoms with van der Waals surface area (Å²) in [6.45, 7) is 8.39. The van der Waals surface area contributed by atoms with Crippen LogP contribution in [0.25, 0.3) is 33.2 Å². The number of hydrogen-bond acceptors (Lipinski definition) is 4. The zero-order valence-electron chi connectivity index (χ0n) is 19.7. The first-order valence-electron chi connectivity index (χ1n) is 11.2. The smallest absolute Gasteiger partial charge is 0.130 e. The van der Waals surface area contributed by atoms with Gasteiger partial charge in [0.15, 0.2) is 0 Å². The molecule has 0 amide bonds. The molecule has 33 heavy (non-hydrogen) atoms. The third-order valence-electron chi connectivity index (χ3n) is 6.19. The van der Waals surface area contributed by atoms with Crippen LogP contribution in [0.5, 0.6) is 0 Å². The Hall–Kier alpha value is -3.93. The van der Waals surface area contributed by atoms with E-state index in [1.165, 1.54) is 0 Å². The van der Waals surface area contributed by atoms with Crippen molar-refractivity contribution in [1.29, 1.82) is 0 Å². The molecule has 5 aromatic rings. The fourth-order valence-electron chi connectivity index (χ4n) is 4.03. The van der Waals surface area contributed by atoms with Gasteiger partial charge in [-0.15, -0.1) is 0 Å². The van der Waals surface area contributed by atoms with Crippen LogP contribution in [-0.2, 0) is 7.05 Å². The maximum Gasteiger partial charge on any atom is 0.130 e. The van der Waals surface area contributed by atoms with Crippen molar-refractivity contribution in [3.8, 4) is 22.4 Å². The van der Waals surface area contributed by atoms with Crippen LogP contribution in [-0.4, -0.2) is 24.3 Å². The molecule has 1 N–H and O–H groups in total. The van der Waals surface area contributed by atoms with Gasteiger partial charge >= 0.3 is 0 Å². The van der Waals surface area contributed by atoms with Crippen molar-refractivity contribution < 1.29 is 0 Å². The largest absolute Gasteiger partial charge is 0.340 e. The first kappa shape index (κ1) is 20.9. The summed E-state index contributed by atoms with van der Waals surface area (Å²) in [5.41, 5.74) is 6.73. The molecule has 166 valence electrons. The van der Waals surface area contributed by atoms with E-state index >= 15 is 0 Å². The number of nitrogens with one attached hydrogen (secondary N) is 1. The minimum atomic E-state index is 0.343. The monoisotopic (exact) mass is 436 g/mol. The molecule has 3 aromatic heterocycles. The van der Waals surface area contributed by atoms with Crippen LogP contribution in [0, 0.1) is 13.8 Å². The Kier molecular flexibility index (Phi) is 5.21. The third-order valence-corrected chi connectivity index (χ3v) is 6.19. The molecule has 0 unspecified atom stereocenters. The van der Waals surface area contributed by atoms with Crippen LogP contribution < -0.4 is 5.32 Å². The van der Waals surface area contributed by atoms with Crippen LogP contribution in [0.1, 0.15) is 31.3 Å². The number of hydrogen-bond donors (Lipinski definition) is 1. The van der Waals surface area contributed by atoms with Crippen LogP contribution >= 0.6 is 0 Å². The molecule has 5 rings (SSSR count). The first-order chi connectivity index (χ1) is 15.9. The second-order valence-corrected chi connectivity index (χ2v) is 8.84. The van der Waals surface area contributed by atoms with Crippen LogP contribution in [0.2, 0.25) is 0 Å². The first-order valence-corrected chi connectivity index (χ1v) is 11.2. The second kappa shape index (κ2) is 8.20. The summed E-state index contributed by atoms with van der Waals surface area (Å²) in [6, 6.07) is 15.3. The summed E-state index contributed by atoms with van der Waals surface area (Å²) in [5.74, 6) is 1.82. The van der Waals surface area contributed by atoms with Gasteiger partial charge in [-0.3, -0.25) is 4.68 Å². The van der Waals surface area contributed by atoms with Crippen LogP contribution in [0.4, 0.5) is 11.5 Å². The predicted octanol–water partition coefficient (Wildman–Crippen LogP) is 6.44. The van der Waals surface area contributed by atoms with Crippen molar-refractivity contribution in [3.05, 3.63) is 78.6 Å². The summed E-state index contributed by atoms with van der Waals surface area (Å²) in [6.07, 6.45) is 7.86. The van der Waals surface area contributed by atoms with E-state index < -0.39 is 0 Å². The van der Waals surface area contributed by atoms with Gasteiger partial charge < -0.3 is 9.88 Å². The van der Waals surface area contributed by atoms with E-state index in [1.807, 2.05) is 37.2 Å². The van der Waals surface area contributed by atoms with Gasteiger partial charge in [0.1, 0.15) is 11.6 Å². The van der Waals surface area contributed by atoms with Crippen molar-refractivity contribution in [3.63, 3.8) is 0 Å². The van der Waals surface area contributed by atoms with Gasteiger partial charge in [0, 0.05) is 47.7 Å². The zero-order chi connectivity index (χ0) is 23.1. The molecule has 0 spiro atoms. The van der Waals surface area contributed by atoms with Gasteiger partial charge in [0.2, 0.25) is 0 Å². The molecule has 0 saturated heterocycles. The Morgan fingerprint density at radius 2 is 1.64 bits per heavy atom. The molecule has 6 heteroatoms. The Labute approximate surface area is 193 Å². The van der Waals surface area contributed by atoms with Gasteiger partial charge in [-0.25, -0.2) is 9.97 Å². The molecular formula is C27H28N6. The Bertz CT molecular complexity index is 1460. The number of imidazole rings is 1. The van der Waals surface area contributed by atoms with Gasteiger partial charge in [-0.2, -0.15) is 5.10 Å². The lowest BCUT2D eigenvalue weighted by molar-refractivity contribution is 0.532. The topological polar surface area (TPSA) is 60.6 Å². The standard InChI is InChI=1S/C27H28N6/c1-17(2)33-16-24(14-30-33)20-6-7-22-13-29-27(12-23(22)11-20)31-25-9-8-21(10-18(25)3)26-15-28-19(4)32(26)5/h6-17H,1-5H3,(H,29,31). The van der Waals surface area contributed by atoms with Gasteiger partial charge in [0.05, 0.1) is 18.1 Å². The van der Waals surface area contributed by atoms with Gasteiger partial charge in [-0.05, 0) is 68.5 Å². The second-order valence-electron chi connectivity index (χ2n) is 8.84. The van der Waals surface area contributed by atoms with E-state index in [-0.39, 0.29) is 0 Å². The molecule has 2 aromatic carbocycles. The highest BCUT2D eigenvalue weighted by atomic mass is 15.3. The quantitative estimate of drug-likeness (QED) is 0.344. The number of fused-ring (bicyclic) bond motifs is 1. The van der Waals surface area contributed by atoms with Gasteiger partial charge in [0.25, 0.3) is 0 Å². The summed E-state index contributed by atoms with van der Waals surface area (Å²) in [7, 11) is 2.04. The minimum Gasteiger partial charge on any atom is -0.340 e. The van der Waals surface area contributed by atoms with E-state index in [0.717, 1.165) is 56.0 Å². The summed E-state index contributed by atoms with van der Waals surface area (Å²) < 4.78 is 4.09. The number of aromatic nitrogens is 5. The fraction of sp³-hybridized carbons (Fsp3) is 0.222. The molecule has 6 nitrogen and oxygen atoms in total. The molecular weight excluding hydrogens is 408 g/mol. The molecule has 0 saturated carbocycles. The van der Waals surface area contributed by atoms with E-state index in [1.54, 1.807) is 0 Å². The minimum absolute atomic E-state index is 0.343. The summed E-state index contributed by atoms with van der Waals surface area (Å²) in [5, 5.41) is 10.2. The van der Waals surface area contributed by atoms with E-state index in [2.05, 4.69) is 94.4 Å².